The molecule has 1 rings (SSSR count). The summed E-state index contributed by atoms with van der Waals surface area (Å²) in [5, 5.41) is 3.50. The van der Waals surface area contributed by atoms with Gasteiger partial charge < -0.3 is 10.1 Å². The molecule has 0 aliphatic heterocycles. The van der Waals surface area contributed by atoms with Crippen molar-refractivity contribution in [1.82, 2.24) is 5.32 Å². The van der Waals surface area contributed by atoms with Gasteiger partial charge in [-0.15, -0.1) is 0 Å². The highest BCUT2D eigenvalue weighted by Crippen LogP contribution is 2.33. The summed E-state index contributed by atoms with van der Waals surface area (Å²) in [6.07, 6.45) is 4.26. The molecule has 0 aromatic carbocycles. The van der Waals surface area contributed by atoms with Crippen molar-refractivity contribution in [2.75, 3.05) is 19.8 Å². The van der Waals surface area contributed by atoms with Gasteiger partial charge in [-0.1, -0.05) is 26.7 Å². The lowest BCUT2D eigenvalue weighted by molar-refractivity contribution is 0.110. The Hall–Kier alpha value is -0.0800. The van der Waals surface area contributed by atoms with Gasteiger partial charge in [0.2, 0.25) is 0 Å². The third-order valence-corrected chi connectivity index (χ3v) is 2.57. The lowest BCUT2D eigenvalue weighted by Crippen LogP contribution is -2.30. The topological polar surface area (TPSA) is 21.3 Å². The zero-order valence-corrected chi connectivity index (χ0v) is 9.88. The van der Waals surface area contributed by atoms with Gasteiger partial charge in [-0.3, -0.25) is 0 Å². The highest BCUT2D eigenvalue weighted by molar-refractivity contribution is 4.77. The van der Waals surface area contributed by atoms with E-state index in [-0.39, 0.29) is 0 Å². The maximum Gasteiger partial charge on any atom is 0.0591 e. The van der Waals surface area contributed by atoms with E-state index >= 15 is 0 Å². The summed E-state index contributed by atoms with van der Waals surface area (Å²) >= 11 is 0. The monoisotopic (exact) mass is 199 g/mol. The largest absolute Gasteiger partial charge is 0.380 e. The summed E-state index contributed by atoms with van der Waals surface area (Å²) in [7, 11) is 0. The number of hydrogen-bond acceptors (Lipinski definition) is 2. The molecule has 1 aliphatic carbocycles. The van der Waals surface area contributed by atoms with Crippen molar-refractivity contribution >= 4 is 0 Å². The molecule has 0 saturated heterocycles. The first-order valence-corrected chi connectivity index (χ1v) is 5.99. The Balaban J connectivity index is 1.82. The molecule has 0 amide bonds. The van der Waals surface area contributed by atoms with Crippen molar-refractivity contribution in [2.24, 2.45) is 11.8 Å². The SMILES string of the molecule is CC(C)COCCNC(C)CC1CC1. The summed E-state index contributed by atoms with van der Waals surface area (Å²) in [6.45, 7) is 9.39. The van der Waals surface area contributed by atoms with Crippen molar-refractivity contribution in [1.29, 1.82) is 0 Å². The van der Waals surface area contributed by atoms with Crippen LogP contribution in [0.1, 0.15) is 40.0 Å². The standard InChI is InChI=1S/C12H25NO/c1-10(2)9-14-7-6-13-11(3)8-12-4-5-12/h10-13H,4-9H2,1-3H3. The van der Waals surface area contributed by atoms with Crippen LogP contribution in [0.3, 0.4) is 0 Å². The van der Waals surface area contributed by atoms with Crippen molar-refractivity contribution in [3.8, 4) is 0 Å². The van der Waals surface area contributed by atoms with Crippen LogP contribution in [0.25, 0.3) is 0 Å². The smallest absolute Gasteiger partial charge is 0.0591 e. The van der Waals surface area contributed by atoms with E-state index in [4.69, 9.17) is 4.74 Å². The average molecular weight is 199 g/mol. The molecule has 1 saturated carbocycles. The zero-order chi connectivity index (χ0) is 10.4. The second-order valence-corrected chi connectivity index (χ2v) is 5.00. The van der Waals surface area contributed by atoms with Gasteiger partial charge in [0, 0.05) is 19.2 Å². The van der Waals surface area contributed by atoms with Crippen LogP contribution in [-0.2, 0) is 4.74 Å². The Bertz CT molecular complexity index is 143. The average Bonchev–Trinajstić information content (AvgIpc) is 2.87. The predicted octanol–water partition coefficient (Wildman–Crippen LogP) is 2.44. The van der Waals surface area contributed by atoms with Gasteiger partial charge in [0.1, 0.15) is 0 Å². The van der Waals surface area contributed by atoms with Crippen LogP contribution in [0.5, 0.6) is 0 Å². The molecule has 0 radical (unpaired) electrons. The highest BCUT2D eigenvalue weighted by Gasteiger charge is 2.22. The van der Waals surface area contributed by atoms with Gasteiger partial charge in [0.25, 0.3) is 0 Å². The summed E-state index contributed by atoms with van der Waals surface area (Å²) < 4.78 is 5.50. The Morgan fingerprint density at radius 1 is 1.29 bits per heavy atom. The predicted molar refractivity (Wildman–Crippen MR) is 60.5 cm³/mol. The molecular formula is C12H25NO. The number of nitrogens with one attached hydrogen (secondary N) is 1. The molecule has 0 spiro atoms. The molecule has 14 heavy (non-hydrogen) atoms. The quantitative estimate of drug-likeness (QED) is 0.606. The minimum absolute atomic E-state index is 0.652. The van der Waals surface area contributed by atoms with Crippen molar-refractivity contribution in [3.63, 3.8) is 0 Å². The molecule has 1 unspecified atom stereocenters. The molecule has 2 nitrogen and oxygen atoms in total. The number of ether oxygens (including phenoxy) is 1. The fourth-order valence-electron chi connectivity index (χ4n) is 1.63. The van der Waals surface area contributed by atoms with Crippen LogP contribution >= 0.6 is 0 Å². The van der Waals surface area contributed by atoms with E-state index in [1.165, 1.54) is 19.3 Å². The van der Waals surface area contributed by atoms with E-state index in [2.05, 4.69) is 26.1 Å². The van der Waals surface area contributed by atoms with Gasteiger partial charge in [-0.2, -0.15) is 0 Å². The maximum absolute atomic E-state index is 5.50. The molecule has 0 aromatic heterocycles. The van der Waals surface area contributed by atoms with Crippen molar-refractivity contribution in [3.05, 3.63) is 0 Å². The molecule has 2 heteroatoms. The Kier molecular flexibility index (Phi) is 5.49. The fourth-order valence-corrected chi connectivity index (χ4v) is 1.63. The van der Waals surface area contributed by atoms with Crippen LogP contribution in [-0.4, -0.2) is 25.8 Å². The summed E-state index contributed by atoms with van der Waals surface area (Å²) in [5.74, 6) is 1.67. The summed E-state index contributed by atoms with van der Waals surface area (Å²) in [5.41, 5.74) is 0. The van der Waals surface area contributed by atoms with Gasteiger partial charge in [-0.25, -0.2) is 0 Å². The lowest BCUT2D eigenvalue weighted by atomic mass is 10.1. The van der Waals surface area contributed by atoms with Crippen LogP contribution in [0.4, 0.5) is 0 Å². The van der Waals surface area contributed by atoms with Crippen LogP contribution in [0.15, 0.2) is 0 Å². The Labute approximate surface area is 88.4 Å². The Morgan fingerprint density at radius 3 is 2.57 bits per heavy atom. The van der Waals surface area contributed by atoms with E-state index < -0.39 is 0 Å². The molecular weight excluding hydrogens is 174 g/mol. The zero-order valence-electron chi connectivity index (χ0n) is 9.88. The van der Waals surface area contributed by atoms with Gasteiger partial charge in [0.05, 0.1) is 6.61 Å². The van der Waals surface area contributed by atoms with E-state index in [0.717, 1.165) is 25.7 Å². The molecule has 0 aromatic rings. The van der Waals surface area contributed by atoms with Crippen LogP contribution in [0.2, 0.25) is 0 Å². The number of hydrogen-bond donors (Lipinski definition) is 1. The fraction of sp³-hybridized carbons (Fsp3) is 1.00. The second-order valence-electron chi connectivity index (χ2n) is 5.00. The summed E-state index contributed by atoms with van der Waals surface area (Å²) in [4.78, 5) is 0. The number of rotatable bonds is 8. The Morgan fingerprint density at radius 2 is 2.00 bits per heavy atom. The van der Waals surface area contributed by atoms with E-state index in [1.54, 1.807) is 0 Å². The van der Waals surface area contributed by atoms with Gasteiger partial charge >= 0.3 is 0 Å². The van der Waals surface area contributed by atoms with Crippen molar-refractivity contribution in [2.45, 2.75) is 46.1 Å². The highest BCUT2D eigenvalue weighted by atomic mass is 16.5. The first-order valence-electron chi connectivity index (χ1n) is 5.99. The molecule has 0 heterocycles. The molecule has 1 N–H and O–H groups in total. The van der Waals surface area contributed by atoms with Crippen molar-refractivity contribution < 1.29 is 4.74 Å². The molecule has 0 bridgehead atoms. The van der Waals surface area contributed by atoms with E-state index in [1.807, 2.05) is 0 Å². The molecule has 1 atom stereocenters. The molecule has 1 fully saturated rings. The van der Waals surface area contributed by atoms with E-state index in [9.17, 15) is 0 Å². The molecule has 84 valence electrons. The first-order chi connectivity index (χ1) is 6.68. The van der Waals surface area contributed by atoms with Crippen LogP contribution < -0.4 is 5.32 Å². The minimum atomic E-state index is 0.652. The molecule has 1 aliphatic rings. The normalized spacial score (nSPS) is 18.9. The third kappa shape index (κ3) is 6.39. The van der Waals surface area contributed by atoms with Gasteiger partial charge in [0.15, 0.2) is 0 Å². The summed E-state index contributed by atoms with van der Waals surface area (Å²) in [6, 6.07) is 0.671. The maximum atomic E-state index is 5.50. The van der Waals surface area contributed by atoms with E-state index in [0.29, 0.717) is 12.0 Å². The third-order valence-electron chi connectivity index (χ3n) is 2.57. The van der Waals surface area contributed by atoms with Gasteiger partial charge in [-0.05, 0) is 25.2 Å². The first kappa shape index (κ1) is 12.0. The minimum Gasteiger partial charge on any atom is -0.380 e. The lowest BCUT2D eigenvalue weighted by Gasteiger charge is -2.13. The van der Waals surface area contributed by atoms with Crippen LogP contribution in [0, 0.1) is 11.8 Å². The second kappa shape index (κ2) is 6.41.